The average Bonchev–Trinajstić information content (AvgIpc) is 3.18. The topological polar surface area (TPSA) is 119 Å². The zero-order chi connectivity index (χ0) is 23.0. The van der Waals surface area contributed by atoms with Crippen molar-refractivity contribution in [1.29, 1.82) is 0 Å². The van der Waals surface area contributed by atoms with Gasteiger partial charge in [0, 0.05) is 24.2 Å². The van der Waals surface area contributed by atoms with Crippen molar-refractivity contribution < 1.29 is 34.0 Å². The number of hydrogen-bond donors (Lipinski definition) is 3. The first-order valence-corrected chi connectivity index (χ1v) is 9.75. The fourth-order valence-corrected chi connectivity index (χ4v) is 3.98. The van der Waals surface area contributed by atoms with Crippen LogP contribution in [0.25, 0.3) is 5.69 Å². The van der Waals surface area contributed by atoms with Crippen LogP contribution in [0.2, 0.25) is 0 Å². The Bertz CT molecular complexity index is 1170. The number of benzene rings is 2. The molecule has 0 saturated heterocycles. The number of anilines is 1. The molecule has 0 bridgehead atoms. The van der Waals surface area contributed by atoms with Crippen LogP contribution in [0.1, 0.15) is 34.0 Å². The van der Waals surface area contributed by atoms with Gasteiger partial charge < -0.3 is 34.3 Å². The summed E-state index contributed by atoms with van der Waals surface area (Å²) in [5.41, 5.74) is 2.15. The predicted molar refractivity (Wildman–Crippen MR) is 116 cm³/mol. The molecule has 9 nitrogen and oxygen atoms in total. The quantitative estimate of drug-likeness (QED) is 0.540. The lowest BCUT2D eigenvalue weighted by atomic mass is 9.87. The van der Waals surface area contributed by atoms with Crippen molar-refractivity contribution in [2.75, 3.05) is 26.6 Å². The Hall–Kier alpha value is -4.14. The van der Waals surface area contributed by atoms with E-state index in [1.165, 1.54) is 20.4 Å². The first kappa shape index (κ1) is 21.1. The van der Waals surface area contributed by atoms with Crippen LogP contribution in [0.3, 0.4) is 0 Å². The van der Waals surface area contributed by atoms with Crippen molar-refractivity contribution in [2.24, 2.45) is 0 Å². The van der Waals surface area contributed by atoms with Crippen molar-refractivity contribution in [3.63, 3.8) is 0 Å². The number of methoxy groups -OCH3 is 3. The Balaban J connectivity index is 1.96. The van der Waals surface area contributed by atoms with Crippen LogP contribution in [0.15, 0.2) is 42.6 Å². The van der Waals surface area contributed by atoms with Crippen LogP contribution in [-0.4, -0.2) is 48.0 Å². The summed E-state index contributed by atoms with van der Waals surface area (Å²) < 4.78 is 17.5. The van der Waals surface area contributed by atoms with E-state index in [1.807, 2.05) is 0 Å². The molecule has 1 atom stereocenters. The number of nitrogens with zero attached hydrogens (tertiary/aromatic N) is 1. The lowest BCUT2D eigenvalue weighted by molar-refractivity contribution is -0.116. The zero-order valence-electron chi connectivity index (χ0n) is 17.7. The lowest BCUT2D eigenvalue weighted by Crippen LogP contribution is -2.25. The molecular weight excluding hydrogens is 416 g/mol. The van der Waals surface area contributed by atoms with Gasteiger partial charge >= 0.3 is 5.97 Å². The van der Waals surface area contributed by atoms with E-state index < -0.39 is 11.9 Å². The van der Waals surface area contributed by atoms with Gasteiger partial charge in [0.1, 0.15) is 11.3 Å². The molecule has 0 aliphatic carbocycles. The van der Waals surface area contributed by atoms with Gasteiger partial charge in [-0.2, -0.15) is 0 Å². The number of carbonyl (C=O) groups is 2. The molecule has 1 aliphatic heterocycles. The van der Waals surface area contributed by atoms with Gasteiger partial charge in [-0.05, 0) is 42.0 Å². The Morgan fingerprint density at radius 2 is 1.69 bits per heavy atom. The van der Waals surface area contributed by atoms with Gasteiger partial charge in [-0.3, -0.25) is 4.79 Å². The van der Waals surface area contributed by atoms with Crippen LogP contribution >= 0.6 is 0 Å². The number of nitrogens with one attached hydrogen (secondary N) is 1. The summed E-state index contributed by atoms with van der Waals surface area (Å²) in [5, 5.41) is 22.8. The number of carboxylic acids is 1. The second-order valence-electron chi connectivity index (χ2n) is 7.26. The van der Waals surface area contributed by atoms with Gasteiger partial charge in [0.2, 0.25) is 11.7 Å². The molecule has 32 heavy (non-hydrogen) atoms. The van der Waals surface area contributed by atoms with Crippen LogP contribution in [0.5, 0.6) is 23.0 Å². The van der Waals surface area contributed by atoms with Gasteiger partial charge in [0.05, 0.1) is 32.7 Å². The first-order valence-electron chi connectivity index (χ1n) is 9.75. The minimum absolute atomic E-state index is 0.0217. The van der Waals surface area contributed by atoms with Gasteiger partial charge in [-0.15, -0.1) is 0 Å². The van der Waals surface area contributed by atoms with Crippen molar-refractivity contribution in [1.82, 2.24) is 4.57 Å². The predicted octanol–water partition coefficient (Wildman–Crippen LogP) is 3.38. The highest BCUT2D eigenvalue weighted by Crippen LogP contribution is 2.46. The SMILES string of the molecule is COc1ccc(-n2cc(C(=O)O)c3c2C(c2cc(OC)c(O)c(OC)c2)CC(=O)N3)cc1. The zero-order valence-corrected chi connectivity index (χ0v) is 17.7. The summed E-state index contributed by atoms with van der Waals surface area (Å²) in [6.07, 6.45) is 1.56. The molecule has 3 aromatic rings. The van der Waals surface area contributed by atoms with E-state index in [1.54, 1.807) is 48.1 Å². The fourth-order valence-electron chi connectivity index (χ4n) is 3.98. The molecule has 3 N–H and O–H groups in total. The van der Waals surface area contributed by atoms with Gasteiger partial charge in [0.15, 0.2) is 11.5 Å². The lowest BCUT2D eigenvalue weighted by Gasteiger charge is -2.27. The maximum Gasteiger partial charge on any atom is 0.339 e. The van der Waals surface area contributed by atoms with E-state index in [-0.39, 0.29) is 40.8 Å². The van der Waals surface area contributed by atoms with E-state index in [4.69, 9.17) is 14.2 Å². The largest absolute Gasteiger partial charge is 0.502 e. The van der Waals surface area contributed by atoms with Crippen molar-refractivity contribution in [3.8, 4) is 28.7 Å². The molecule has 2 heterocycles. The van der Waals surface area contributed by atoms with E-state index >= 15 is 0 Å². The molecule has 9 heteroatoms. The van der Waals surface area contributed by atoms with Crippen molar-refractivity contribution in [2.45, 2.75) is 12.3 Å². The maximum absolute atomic E-state index is 12.5. The molecule has 4 rings (SSSR count). The summed E-state index contributed by atoms with van der Waals surface area (Å²) in [4.78, 5) is 24.5. The van der Waals surface area contributed by atoms with Crippen molar-refractivity contribution in [3.05, 3.63) is 59.4 Å². The highest BCUT2D eigenvalue weighted by Gasteiger charge is 2.35. The molecule has 0 saturated carbocycles. The number of rotatable bonds is 6. The molecule has 1 aliphatic rings. The molecule has 0 spiro atoms. The maximum atomic E-state index is 12.5. The van der Waals surface area contributed by atoms with Crippen LogP contribution in [-0.2, 0) is 4.79 Å². The third-order valence-electron chi connectivity index (χ3n) is 5.51. The number of aromatic nitrogens is 1. The minimum Gasteiger partial charge on any atom is -0.502 e. The average molecular weight is 438 g/mol. The second-order valence-corrected chi connectivity index (χ2v) is 7.26. The summed E-state index contributed by atoms with van der Waals surface area (Å²) in [5.74, 6) is -1.11. The fraction of sp³-hybridized carbons (Fsp3) is 0.217. The minimum atomic E-state index is -1.16. The van der Waals surface area contributed by atoms with Crippen molar-refractivity contribution >= 4 is 17.6 Å². The Kier molecular flexibility index (Phi) is 5.40. The van der Waals surface area contributed by atoms with Crippen LogP contribution in [0, 0.1) is 0 Å². The first-order chi connectivity index (χ1) is 15.4. The van der Waals surface area contributed by atoms with Gasteiger partial charge in [0.25, 0.3) is 0 Å². The second kappa shape index (κ2) is 8.18. The normalized spacial score (nSPS) is 15.0. The van der Waals surface area contributed by atoms with E-state index in [0.717, 1.165) is 0 Å². The summed E-state index contributed by atoms with van der Waals surface area (Å²) >= 11 is 0. The highest BCUT2D eigenvalue weighted by atomic mass is 16.5. The van der Waals surface area contributed by atoms with Crippen LogP contribution in [0.4, 0.5) is 5.69 Å². The summed E-state index contributed by atoms with van der Waals surface area (Å²) in [7, 11) is 4.39. The molecular formula is C23H22N2O7. The molecule has 1 aromatic heterocycles. The van der Waals surface area contributed by atoms with Gasteiger partial charge in [-0.25, -0.2) is 4.79 Å². The number of amides is 1. The standard InChI is InChI=1S/C23H22N2O7/c1-30-14-6-4-13(5-7-14)25-11-16(23(28)29)20-21(25)15(10-19(26)24-20)12-8-17(31-2)22(27)18(9-12)32-3/h4-9,11,15,27H,10H2,1-3H3,(H,24,26)(H,28,29). The summed E-state index contributed by atoms with van der Waals surface area (Å²) in [6.45, 7) is 0. The molecule has 1 amide bonds. The third kappa shape index (κ3) is 3.47. The van der Waals surface area contributed by atoms with Crippen LogP contribution < -0.4 is 19.5 Å². The highest BCUT2D eigenvalue weighted by molar-refractivity contribution is 6.04. The number of carboxylic acid groups (broad SMARTS) is 1. The number of fused-ring (bicyclic) bond motifs is 1. The molecule has 166 valence electrons. The molecule has 2 aromatic carbocycles. The molecule has 0 radical (unpaired) electrons. The Morgan fingerprint density at radius 3 is 2.22 bits per heavy atom. The smallest absolute Gasteiger partial charge is 0.339 e. The number of hydrogen-bond acceptors (Lipinski definition) is 6. The number of ether oxygens (including phenoxy) is 3. The van der Waals surface area contributed by atoms with Gasteiger partial charge in [-0.1, -0.05) is 0 Å². The summed E-state index contributed by atoms with van der Waals surface area (Å²) in [6, 6.07) is 10.4. The number of phenols is 1. The molecule has 0 fully saturated rings. The molecule has 1 unspecified atom stereocenters. The number of carbonyl (C=O) groups excluding carboxylic acids is 1. The number of aromatic hydroxyl groups is 1. The van der Waals surface area contributed by atoms with E-state index in [2.05, 4.69) is 5.32 Å². The third-order valence-corrected chi connectivity index (χ3v) is 5.51. The van der Waals surface area contributed by atoms with E-state index in [0.29, 0.717) is 22.7 Å². The number of phenolic OH excluding ortho intramolecular Hbond substituents is 1. The number of aromatic carboxylic acids is 1. The van der Waals surface area contributed by atoms with E-state index in [9.17, 15) is 19.8 Å². The monoisotopic (exact) mass is 438 g/mol. The Morgan fingerprint density at radius 1 is 1.06 bits per heavy atom. The Labute approximate surface area is 183 Å².